The van der Waals surface area contributed by atoms with Gasteiger partial charge in [0.25, 0.3) is 0 Å². The van der Waals surface area contributed by atoms with E-state index in [1.807, 2.05) is 30.3 Å². The van der Waals surface area contributed by atoms with Gasteiger partial charge in [-0.05, 0) is 31.4 Å². The molecule has 0 aromatic heterocycles. The summed E-state index contributed by atoms with van der Waals surface area (Å²) in [5.41, 5.74) is 1.01. The molecule has 0 amide bonds. The molecule has 1 aromatic rings. The summed E-state index contributed by atoms with van der Waals surface area (Å²) in [7, 11) is 2.15. The highest BCUT2D eigenvalue weighted by Gasteiger charge is 2.30. The molecular formula is C17H29NO. The maximum Gasteiger partial charge on any atom is 0.0947 e. The molecule has 108 valence electrons. The minimum Gasteiger partial charge on any atom is -0.387 e. The lowest BCUT2D eigenvalue weighted by atomic mass is 9.90. The Labute approximate surface area is 118 Å². The van der Waals surface area contributed by atoms with Crippen molar-refractivity contribution in [3.8, 4) is 0 Å². The quantitative estimate of drug-likeness (QED) is 0.807. The number of nitrogens with zero attached hydrogens (tertiary/aromatic N) is 1. The van der Waals surface area contributed by atoms with Crippen LogP contribution in [-0.2, 0) is 0 Å². The molecule has 2 heteroatoms. The number of rotatable bonds is 7. The zero-order valence-corrected chi connectivity index (χ0v) is 13.0. The molecule has 2 atom stereocenters. The van der Waals surface area contributed by atoms with Crippen LogP contribution in [-0.4, -0.2) is 29.1 Å². The standard InChI is InChI=1S/C17H29NO/c1-6-15(7-2)18(5)16(13(3)4)17(19)14-11-9-8-10-12-14/h8-13,15-17,19H,6-7H2,1-5H3. The Hall–Kier alpha value is -0.860. The first-order chi connectivity index (χ1) is 9.02. The molecule has 0 saturated carbocycles. The van der Waals surface area contributed by atoms with Crippen molar-refractivity contribution in [3.63, 3.8) is 0 Å². The average Bonchev–Trinajstić information content (AvgIpc) is 2.40. The first-order valence-electron chi connectivity index (χ1n) is 7.47. The lowest BCUT2D eigenvalue weighted by Crippen LogP contribution is -2.46. The molecule has 0 aliphatic rings. The van der Waals surface area contributed by atoms with Crippen molar-refractivity contribution in [1.82, 2.24) is 4.90 Å². The Morgan fingerprint density at radius 2 is 1.58 bits per heavy atom. The summed E-state index contributed by atoms with van der Waals surface area (Å²) < 4.78 is 0. The van der Waals surface area contributed by atoms with E-state index < -0.39 is 6.10 Å². The summed E-state index contributed by atoms with van der Waals surface area (Å²) in [4.78, 5) is 2.36. The van der Waals surface area contributed by atoms with Crippen LogP contribution in [0.2, 0.25) is 0 Å². The zero-order chi connectivity index (χ0) is 14.4. The molecular weight excluding hydrogens is 234 g/mol. The van der Waals surface area contributed by atoms with Crippen LogP contribution in [0.1, 0.15) is 52.2 Å². The van der Waals surface area contributed by atoms with Crippen molar-refractivity contribution in [1.29, 1.82) is 0 Å². The fourth-order valence-electron chi connectivity index (χ4n) is 3.01. The molecule has 19 heavy (non-hydrogen) atoms. The maximum atomic E-state index is 10.7. The van der Waals surface area contributed by atoms with Gasteiger partial charge < -0.3 is 5.11 Å². The first kappa shape index (κ1) is 16.2. The number of hydrogen-bond acceptors (Lipinski definition) is 2. The molecule has 0 heterocycles. The molecule has 0 bridgehead atoms. The summed E-state index contributed by atoms with van der Waals surface area (Å²) in [5.74, 6) is 0.417. The van der Waals surface area contributed by atoms with E-state index in [1.54, 1.807) is 0 Å². The van der Waals surface area contributed by atoms with Crippen molar-refractivity contribution in [2.75, 3.05) is 7.05 Å². The van der Waals surface area contributed by atoms with Gasteiger partial charge in [-0.2, -0.15) is 0 Å². The van der Waals surface area contributed by atoms with Crippen LogP contribution >= 0.6 is 0 Å². The molecule has 1 rings (SSSR count). The summed E-state index contributed by atoms with van der Waals surface area (Å²) in [6, 6.07) is 10.7. The largest absolute Gasteiger partial charge is 0.387 e. The fraction of sp³-hybridized carbons (Fsp3) is 0.647. The Kier molecular flexibility index (Phi) is 6.53. The van der Waals surface area contributed by atoms with E-state index in [4.69, 9.17) is 0 Å². The molecule has 1 aromatic carbocycles. The van der Waals surface area contributed by atoms with Gasteiger partial charge in [0, 0.05) is 12.1 Å². The molecule has 1 N–H and O–H groups in total. The summed E-state index contributed by atoms with van der Waals surface area (Å²) in [6.45, 7) is 8.82. The number of hydrogen-bond donors (Lipinski definition) is 1. The van der Waals surface area contributed by atoms with Gasteiger partial charge in [0.1, 0.15) is 0 Å². The lowest BCUT2D eigenvalue weighted by Gasteiger charge is -2.39. The zero-order valence-electron chi connectivity index (χ0n) is 13.0. The van der Waals surface area contributed by atoms with E-state index >= 15 is 0 Å². The van der Waals surface area contributed by atoms with Gasteiger partial charge in [-0.15, -0.1) is 0 Å². The highest BCUT2D eigenvalue weighted by atomic mass is 16.3. The second-order valence-corrected chi connectivity index (χ2v) is 5.73. The van der Waals surface area contributed by atoms with E-state index in [1.165, 1.54) is 0 Å². The van der Waals surface area contributed by atoms with Gasteiger partial charge >= 0.3 is 0 Å². The number of aliphatic hydroxyl groups excluding tert-OH is 1. The van der Waals surface area contributed by atoms with Crippen molar-refractivity contribution < 1.29 is 5.11 Å². The molecule has 0 aliphatic carbocycles. The molecule has 2 unspecified atom stereocenters. The lowest BCUT2D eigenvalue weighted by molar-refractivity contribution is 0.0124. The van der Waals surface area contributed by atoms with Crippen LogP contribution in [0, 0.1) is 5.92 Å². The number of likely N-dealkylation sites (N-methyl/N-ethyl adjacent to an activating group) is 1. The van der Waals surface area contributed by atoms with Gasteiger partial charge in [-0.25, -0.2) is 0 Å². The average molecular weight is 263 g/mol. The van der Waals surface area contributed by atoms with Gasteiger partial charge in [0.2, 0.25) is 0 Å². The van der Waals surface area contributed by atoms with Crippen LogP contribution in [0.3, 0.4) is 0 Å². The van der Waals surface area contributed by atoms with Crippen LogP contribution in [0.25, 0.3) is 0 Å². The third kappa shape index (κ3) is 4.05. The summed E-state index contributed by atoms with van der Waals surface area (Å²) >= 11 is 0. The minimum atomic E-state index is -0.424. The van der Waals surface area contributed by atoms with Crippen LogP contribution in [0.15, 0.2) is 30.3 Å². The Morgan fingerprint density at radius 1 is 1.05 bits per heavy atom. The van der Waals surface area contributed by atoms with Crippen molar-refractivity contribution in [2.24, 2.45) is 5.92 Å². The van der Waals surface area contributed by atoms with Crippen LogP contribution < -0.4 is 0 Å². The van der Waals surface area contributed by atoms with E-state index in [2.05, 4.69) is 39.6 Å². The molecule has 0 spiro atoms. The normalized spacial score (nSPS) is 15.2. The van der Waals surface area contributed by atoms with Gasteiger partial charge in [0.15, 0.2) is 0 Å². The third-order valence-electron chi connectivity index (χ3n) is 4.14. The highest BCUT2D eigenvalue weighted by molar-refractivity contribution is 5.19. The van der Waals surface area contributed by atoms with E-state index in [0.29, 0.717) is 12.0 Å². The monoisotopic (exact) mass is 263 g/mol. The second-order valence-electron chi connectivity index (χ2n) is 5.73. The third-order valence-corrected chi connectivity index (χ3v) is 4.14. The molecule has 0 saturated heterocycles. The van der Waals surface area contributed by atoms with Gasteiger partial charge in [-0.3, -0.25) is 4.90 Å². The molecule has 0 fully saturated rings. The first-order valence-corrected chi connectivity index (χ1v) is 7.47. The molecule has 0 radical (unpaired) electrons. The Morgan fingerprint density at radius 3 is 2.00 bits per heavy atom. The predicted molar refractivity (Wildman–Crippen MR) is 82.2 cm³/mol. The molecule has 0 aliphatic heterocycles. The number of aliphatic hydroxyl groups is 1. The summed E-state index contributed by atoms with van der Waals surface area (Å²) in [5, 5.41) is 10.7. The smallest absolute Gasteiger partial charge is 0.0947 e. The fourth-order valence-corrected chi connectivity index (χ4v) is 3.01. The van der Waals surface area contributed by atoms with Crippen LogP contribution in [0.4, 0.5) is 0 Å². The topological polar surface area (TPSA) is 23.5 Å². The van der Waals surface area contributed by atoms with Crippen molar-refractivity contribution in [2.45, 2.75) is 58.7 Å². The molecule has 2 nitrogen and oxygen atoms in total. The number of benzene rings is 1. The van der Waals surface area contributed by atoms with E-state index in [-0.39, 0.29) is 6.04 Å². The summed E-state index contributed by atoms with van der Waals surface area (Å²) in [6.07, 6.45) is 1.82. The van der Waals surface area contributed by atoms with Gasteiger partial charge in [-0.1, -0.05) is 58.0 Å². The highest BCUT2D eigenvalue weighted by Crippen LogP contribution is 2.28. The Balaban J connectivity index is 2.94. The SMILES string of the molecule is CCC(CC)N(C)C(C(C)C)C(O)c1ccccc1. The maximum absolute atomic E-state index is 10.7. The Bertz CT molecular complexity index is 346. The second kappa shape index (κ2) is 7.66. The minimum absolute atomic E-state index is 0.160. The van der Waals surface area contributed by atoms with E-state index in [0.717, 1.165) is 18.4 Å². The van der Waals surface area contributed by atoms with Crippen LogP contribution in [0.5, 0.6) is 0 Å². The van der Waals surface area contributed by atoms with Crippen molar-refractivity contribution >= 4 is 0 Å². The van der Waals surface area contributed by atoms with Crippen molar-refractivity contribution in [3.05, 3.63) is 35.9 Å². The van der Waals surface area contributed by atoms with E-state index in [9.17, 15) is 5.11 Å². The predicted octanol–water partition coefficient (Wildman–Crippen LogP) is 3.87. The van der Waals surface area contributed by atoms with Gasteiger partial charge in [0.05, 0.1) is 6.10 Å².